The minimum absolute atomic E-state index is 0.321. The maximum absolute atomic E-state index is 12.4. The summed E-state index contributed by atoms with van der Waals surface area (Å²) in [7, 11) is -3.98. The number of halogens is 5. The SMILES string of the molecule is CCCCc1ccc(N(CCCl)CCCl)cc1.CCCN(C)CCCl.CCCN(CCCl)P(N)(=O)O.CCCN(CCCl)P1(=O)CCCCO1. The summed E-state index contributed by atoms with van der Waals surface area (Å²) in [6.45, 7) is 15.3. The molecule has 1 aromatic rings. The summed E-state index contributed by atoms with van der Waals surface area (Å²) in [4.78, 5) is 13.4. The Kier molecular flexibility index (Phi) is 36.1. The minimum Gasteiger partial charge on any atom is -0.369 e. The van der Waals surface area contributed by atoms with Gasteiger partial charge in [0.2, 0.25) is 0 Å². The second-order valence-electron chi connectivity index (χ2n) is 11.9. The Morgan fingerprint density at radius 1 is 0.760 bits per heavy atom. The molecule has 16 heteroatoms. The van der Waals surface area contributed by atoms with Gasteiger partial charge in [0.1, 0.15) is 0 Å². The van der Waals surface area contributed by atoms with E-state index < -0.39 is 15.2 Å². The molecular formula is C34H68Cl5N5O4P2. The summed E-state index contributed by atoms with van der Waals surface area (Å²) in [5, 5.41) is 0. The van der Waals surface area contributed by atoms with Crippen LogP contribution in [-0.2, 0) is 20.1 Å². The van der Waals surface area contributed by atoms with Crippen molar-refractivity contribution in [3.05, 3.63) is 29.8 Å². The van der Waals surface area contributed by atoms with Gasteiger partial charge in [0.25, 0.3) is 7.52 Å². The van der Waals surface area contributed by atoms with Gasteiger partial charge in [-0.05, 0) is 76.2 Å². The van der Waals surface area contributed by atoms with Crippen molar-refractivity contribution < 1.29 is 18.5 Å². The van der Waals surface area contributed by atoms with Crippen LogP contribution in [0.3, 0.4) is 0 Å². The van der Waals surface area contributed by atoms with Gasteiger partial charge in [-0.3, -0.25) is 9.13 Å². The summed E-state index contributed by atoms with van der Waals surface area (Å²) < 4.78 is 32.0. The number of hydrogen-bond donors (Lipinski definition) is 2. The molecule has 1 heterocycles. The first-order valence-corrected chi connectivity index (χ1v) is 24.2. The van der Waals surface area contributed by atoms with Crippen LogP contribution in [0.2, 0.25) is 0 Å². The van der Waals surface area contributed by atoms with Gasteiger partial charge in [0.05, 0.1) is 6.61 Å². The van der Waals surface area contributed by atoms with E-state index >= 15 is 0 Å². The molecule has 3 N–H and O–H groups in total. The Morgan fingerprint density at radius 3 is 1.72 bits per heavy atom. The van der Waals surface area contributed by atoms with Crippen molar-refractivity contribution in [2.45, 2.75) is 79.1 Å². The lowest BCUT2D eigenvalue weighted by molar-refractivity contribution is 0.239. The first-order chi connectivity index (χ1) is 23.9. The number of anilines is 1. The lowest BCUT2D eigenvalue weighted by atomic mass is 10.1. The molecule has 0 bridgehead atoms. The summed E-state index contributed by atoms with van der Waals surface area (Å²) in [5.41, 5.74) is 7.65. The topological polar surface area (TPSA) is 103 Å². The third-order valence-corrected chi connectivity index (χ3v) is 12.3. The van der Waals surface area contributed by atoms with E-state index in [0.717, 1.165) is 64.3 Å². The molecule has 0 amide bonds. The molecule has 298 valence electrons. The zero-order valence-corrected chi connectivity index (χ0v) is 37.0. The van der Waals surface area contributed by atoms with Gasteiger partial charge in [-0.15, -0.1) is 58.0 Å². The average molecular weight is 850 g/mol. The lowest BCUT2D eigenvalue weighted by Gasteiger charge is -2.33. The molecule has 2 unspecified atom stereocenters. The van der Waals surface area contributed by atoms with Gasteiger partial charge < -0.3 is 19.2 Å². The van der Waals surface area contributed by atoms with Crippen LogP contribution in [-0.4, -0.2) is 121 Å². The second kappa shape index (κ2) is 34.2. The Morgan fingerprint density at radius 2 is 1.30 bits per heavy atom. The molecule has 1 aliphatic heterocycles. The Labute approximate surface area is 330 Å². The van der Waals surface area contributed by atoms with Crippen molar-refractivity contribution >= 4 is 78.9 Å². The van der Waals surface area contributed by atoms with Crippen LogP contribution >= 0.6 is 73.2 Å². The fourth-order valence-electron chi connectivity index (χ4n) is 4.90. The first kappa shape index (κ1) is 52.8. The van der Waals surface area contributed by atoms with E-state index in [0.29, 0.717) is 55.9 Å². The molecular weight excluding hydrogens is 782 g/mol. The highest BCUT2D eigenvalue weighted by atomic mass is 35.5. The molecule has 0 spiro atoms. The van der Waals surface area contributed by atoms with Crippen molar-refractivity contribution in [1.82, 2.24) is 14.2 Å². The predicted octanol–water partition coefficient (Wildman–Crippen LogP) is 9.82. The van der Waals surface area contributed by atoms with E-state index in [4.69, 9.17) is 72.9 Å². The van der Waals surface area contributed by atoms with Crippen LogP contribution in [0.25, 0.3) is 0 Å². The molecule has 50 heavy (non-hydrogen) atoms. The van der Waals surface area contributed by atoms with Gasteiger partial charge in [-0.2, -0.15) is 0 Å². The molecule has 1 aliphatic rings. The molecule has 2 atom stereocenters. The molecule has 1 saturated heterocycles. The second-order valence-corrected chi connectivity index (χ2v) is 18.1. The van der Waals surface area contributed by atoms with E-state index in [1.54, 1.807) is 0 Å². The molecule has 0 saturated carbocycles. The fraction of sp³-hybridized carbons (Fsp3) is 0.824. The number of hydrogen-bond acceptors (Lipinski definition) is 5. The maximum atomic E-state index is 12.4. The number of alkyl halides is 5. The molecule has 1 fully saturated rings. The number of rotatable bonds is 22. The average Bonchev–Trinajstić information content (AvgIpc) is 3.08. The van der Waals surface area contributed by atoms with Crippen LogP contribution in [0.1, 0.15) is 78.2 Å². The highest BCUT2D eigenvalue weighted by Crippen LogP contribution is 2.53. The van der Waals surface area contributed by atoms with Gasteiger partial charge >= 0.3 is 7.67 Å². The number of nitrogens with two attached hydrogens (primary N) is 1. The van der Waals surface area contributed by atoms with Crippen molar-refractivity contribution in [2.24, 2.45) is 5.50 Å². The monoisotopic (exact) mass is 847 g/mol. The largest absolute Gasteiger partial charge is 0.369 e. The van der Waals surface area contributed by atoms with Crippen LogP contribution in [0.5, 0.6) is 0 Å². The molecule has 0 aliphatic carbocycles. The predicted molar refractivity (Wildman–Crippen MR) is 224 cm³/mol. The molecule has 0 aromatic heterocycles. The Balaban J connectivity index is 0. The number of aryl methyl sites for hydroxylation is 1. The van der Waals surface area contributed by atoms with E-state index in [2.05, 4.69) is 61.9 Å². The molecule has 1 aromatic carbocycles. The highest BCUT2D eigenvalue weighted by molar-refractivity contribution is 7.56. The number of unbranched alkanes of at least 4 members (excludes halogenated alkanes) is 1. The van der Waals surface area contributed by atoms with Crippen LogP contribution in [0.15, 0.2) is 24.3 Å². The fourth-order valence-corrected chi connectivity index (χ4v) is 9.64. The zero-order valence-electron chi connectivity index (χ0n) is 31.4. The smallest absolute Gasteiger partial charge is 0.338 e. The zero-order chi connectivity index (χ0) is 38.3. The van der Waals surface area contributed by atoms with E-state index in [9.17, 15) is 9.13 Å². The van der Waals surface area contributed by atoms with Crippen LogP contribution < -0.4 is 10.4 Å². The van der Waals surface area contributed by atoms with Crippen molar-refractivity contribution in [3.8, 4) is 0 Å². The van der Waals surface area contributed by atoms with E-state index in [-0.39, 0.29) is 0 Å². The van der Waals surface area contributed by atoms with Crippen molar-refractivity contribution in [1.29, 1.82) is 0 Å². The molecule has 0 radical (unpaired) electrons. The summed E-state index contributed by atoms with van der Waals surface area (Å²) in [6.07, 6.45) is 9.41. The van der Waals surface area contributed by atoms with Crippen molar-refractivity contribution in [2.75, 3.05) is 106 Å². The Hall–Kier alpha value is 0.690. The third-order valence-electron chi connectivity index (χ3n) is 7.51. The Bertz CT molecular complexity index is 967. The quantitative estimate of drug-likeness (QED) is 0.0873. The summed E-state index contributed by atoms with van der Waals surface area (Å²) in [6, 6.07) is 8.76. The van der Waals surface area contributed by atoms with Gasteiger partial charge in [0.15, 0.2) is 0 Å². The van der Waals surface area contributed by atoms with Gasteiger partial charge in [-0.1, -0.05) is 46.2 Å². The molecule has 2 rings (SSSR count). The van der Waals surface area contributed by atoms with E-state index in [1.165, 1.54) is 41.6 Å². The van der Waals surface area contributed by atoms with E-state index in [1.807, 2.05) is 11.6 Å². The first-order valence-electron chi connectivity index (χ1n) is 18.1. The summed E-state index contributed by atoms with van der Waals surface area (Å²) >= 11 is 28.2. The minimum atomic E-state index is -3.56. The van der Waals surface area contributed by atoms with Crippen LogP contribution in [0.4, 0.5) is 5.69 Å². The van der Waals surface area contributed by atoms with Crippen molar-refractivity contribution in [3.63, 3.8) is 0 Å². The highest BCUT2D eigenvalue weighted by Gasteiger charge is 2.32. The summed E-state index contributed by atoms with van der Waals surface area (Å²) in [5.74, 6) is 2.86. The third kappa shape index (κ3) is 26.5. The number of benzene rings is 1. The molecule has 9 nitrogen and oxygen atoms in total. The standard InChI is InChI=1S/C14H21Cl2N.C9H19ClNO2P.C6H14ClN.C5H14ClN2O2P/c1-2-3-4-13-5-7-14(8-6-13)17(11-9-15)12-10-16;1-2-6-11(7-5-10)14(12)9-4-3-8-13-14;1-3-5-8(2)6-4-7;1-2-4-8(5-3-6)11(7,9)10/h5-8H,2-4,9-12H2,1H3;2-9H2,1H3;3-6H2,1-2H3;2-5H2,1H3,(H3,7,9,10). The maximum Gasteiger partial charge on any atom is 0.338 e. The van der Waals surface area contributed by atoms with Crippen LogP contribution in [0, 0.1) is 0 Å². The lowest BCUT2D eigenvalue weighted by Crippen LogP contribution is -2.28. The van der Waals surface area contributed by atoms with Gasteiger partial charge in [0, 0.05) is 87.1 Å². The van der Waals surface area contributed by atoms with Gasteiger partial charge in [-0.25, -0.2) is 14.8 Å². The number of nitrogens with zero attached hydrogens (tertiary/aromatic N) is 4. The normalized spacial score (nSPS) is 16.9.